The Labute approximate surface area is 114 Å². The molecule has 1 fully saturated rings. The number of hydrogen-bond donors (Lipinski definition) is 1. The lowest BCUT2D eigenvalue weighted by Crippen LogP contribution is -2.41. The van der Waals surface area contributed by atoms with Crippen molar-refractivity contribution in [3.8, 4) is 0 Å². The van der Waals surface area contributed by atoms with E-state index < -0.39 is 0 Å². The SMILES string of the molecule is CCCC(C)CC1(CNCC(C)C)CCOCC1. The van der Waals surface area contributed by atoms with Crippen LogP contribution in [-0.4, -0.2) is 26.3 Å². The Morgan fingerprint density at radius 3 is 2.39 bits per heavy atom. The maximum absolute atomic E-state index is 5.57. The smallest absolute Gasteiger partial charge is 0.0471 e. The molecule has 18 heavy (non-hydrogen) atoms. The van der Waals surface area contributed by atoms with Gasteiger partial charge in [0.25, 0.3) is 0 Å². The molecular formula is C16H33NO. The van der Waals surface area contributed by atoms with E-state index in [4.69, 9.17) is 4.74 Å². The fourth-order valence-corrected chi connectivity index (χ4v) is 3.22. The van der Waals surface area contributed by atoms with Crippen LogP contribution < -0.4 is 5.32 Å². The molecular weight excluding hydrogens is 222 g/mol. The van der Waals surface area contributed by atoms with Crippen molar-refractivity contribution in [2.45, 2.75) is 59.8 Å². The summed E-state index contributed by atoms with van der Waals surface area (Å²) in [6, 6.07) is 0. The molecule has 0 aliphatic carbocycles. The lowest BCUT2D eigenvalue weighted by Gasteiger charge is -2.39. The van der Waals surface area contributed by atoms with Gasteiger partial charge in [0.1, 0.15) is 0 Å². The van der Waals surface area contributed by atoms with E-state index in [2.05, 4.69) is 33.0 Å². The van der Waals surface area contributed by atoms with Crippen molar-refractivity contribution in [3.05, 3.63) is 0 Å². The molecule has 0 amide bonds. The molecule has 1 unspecified atom stereocenters. The Morgan fingerprint density at radius 1 is 1.17 bits per heavy atom. The lowest BCUT2D eigenvalue weighted by molar-refractivity contribution is 0.00242. The molecule has 0 bridgehead atoms. The zero-order valence-corrected chi connectivity index (χ0v) is 12.9. The average Bonchev–Trinajstić information content (AvgIpc) is 2.29. The minimum Gasteiger partial charge on any atom is -0.381 e. The molecule has 1 aliphatic rings. The second-order valence-electron chi connectivity index (χ2n) is 6.74. The normalized spacial score (nSPS) is 21.2. The van der Waals surface area contributed by atoms with E-state index in [9.17, 15) is 0 Å². The van der Waals surface area contributed by atoms with Crippen molar-refractivity contribution >= 4 is 0 Å². The van der Waals surface area contributed by atoms with Crippen LogP contribution in [0.15, 0.2) is 0 Å². The predicted octanol–water partition coefficient (Wildman–Crippen LogP) is 3.86. The highest BCUT2D eigenvalue weighted by atomic mass is 16.5. The van der Waals surface area contributed by atoms with Gasteiger partial charge < -0.3 is 10.1 Å². The number of nitrogens with one attached hydrogen (secondary N) is 1. The minimum absolute atomic E-state index is 0.502. The van der Waals surface area contributed by atoms with E-state index in [1.54, 1.807) is 0 Å². The van der Waals surface area contributed by atoms with Gasteiger partial charge in [0.2, 0.25) is 0 Å². The second kappa shape index (κ2) is 8.16. The van der Waals surface area contributed by atoms with Crippen molar-refractivity contribution in [1.82, 2.24) is 5.32 Å². The first-order valence-corrected chi connectivity index (χ1v) is 7.86. The summed E-state index contributed by atoms with van der Waals surface area (Å²) >= 11 is 0. The molecule has 2 nitrogen and oxygen atoms in total. The summed E-state index contributed by atoms with van der Waals surface area (Å²) in [6.07, 6.45) is 6.54. The summed E-state index contributed by atoms with van der Waals surface area (Å²) in [5.74, 6) is 1.60. The third kappa shape index (κ3) is 5.71. The van der Waals surface area contributed by atoms with Gasteiger partial charge in [-0.2, -0.15) is 0 Å². The van der Waals surface area contributed by atoms with Crippen LogP contribution in [0.2, 0.25) is 0 Å². The van der Waals surface area contributed by atoms with Crippen molar-refractivity contribution < 1.29 is 4.74 Å². The average molecular weight is 255 g/mol. The van der Waals surface area contributed by atoms with E-state index in [1.807, 2.05) is 0 Å². The van der Waals surface area contributed by atoms with Gasteiger partial charge in [-0.3, -0.25) is 0 Å². The van der Waals surface area contributed by atoms with Gasteiger partial charge in [-0.05, 0) is 43.1 Å². The monoisotopic (exact) mass is 255 g/mol. The third-order valence-electron chi connectivity index (χ3n) is 4.17. The summed E-state index contributed by atoms with van der Waals surface area (Å²) in [7, 11) is 0. The molecule has 0 aromatic heterocycles. The van der Waals surface area contributed by atoms with Crippen LogP contribution >= 0.6 is 0 Å². The predicted molar refractivity (Wildman–Crippen MR) is 78.9 cm³/mol. The highest BCUT2D eigenvalue weighted by Gasteiger charge is 2.33. The first kappa shape index (κ1) is 16.0. The fourth-order valence-electron chi connectivity index (χ4n) is 3.22. The Kier molecular flexibility index (Phi) is 7.25. The molecule has 0 radical (unpaired) electrons. The van der Waals surface area contributed by atoms with Crippen molar-refractivity contribution in [1.29, 1.82) is 0 Å². The molecule has 2 heteroatoms. The van der Waals surface area contributed by atoms with Gasteiger partial charge in [-0.1, -0.05) is 40.5 Å². The molecule has 0 spiro atoms. The molecule has 0 aromatic rings. The highest BCUT2D eigenvalue weighted by Crippen LogP contribution is 2.37. The summed E-state index contributed by atoms with van der Waals surface area (Å²) in [5.41, 5.74) is 0.502. The summed E-state index contributed by atoms with van der Waals surface area (Å²) in [6.45, 7) is 13.5. The quantitative estimate of drug-likeness (QED) is 0.711. The van der Waals surface area contributed by atoms with Crippen LogP contribution in [0.4, 0.5) is 0 Å². The van der Waals surface area contributed by atoms with E-state index in [1.165, 1.54) is 38.6 Å². The first-order chi connectivity index (χ1) is 8.58. The van der Waals surface area contributed by atoms with E-state index in [-0.39, 0.29) is 0 Å². The molecule has 1 heterocycles. The molecule has 108 valence electrons. The van der Waals surface area contributed by atoms with Crippen LogP contribution in [0.25, 0.3) is 0 Å². The van der Waals surface area contributed by atoms with E-state index >= 15 is 0 Å². The Hall–Kier alpha value is -0.0800. The maximum atomic E-state index is 5.57. The van der Waals surface area contributed by atoms with Gasteiger partial charge in [0, 0.05) is 19.8 Å². The molecule has 1 rings (SSSR count). The maximum Gasteiger partial charge on any atom is 0.0471 e. The Balaban J connectivity index is 2.46. The summed E-state index contributed by atoms with van der Waals surface area (Å²) in [4.78, 5) is 0. The van der Waals surface area contributed by atoms with Gasteiger partial charge in [-0.15, -0.1) is 0 Å². The summed E-state index contributed by atoms with van der Waals surface area (Å²) < 4.78 is 5.57. The van der Waals surface area contributed by atoms with Gasteiger partial charge >= 0.3 is 0 Å². The van der Waals surface area contributed by atoms with E-state index in [0.29, 0.717) is 5.41 Å². The van der Waals surface area contributed by atoms with Gasteiger partial charge in [-0.25, -0.2) is 0 Å². The molecule has 1 N–H and O–H groups in total. The van der Waals surface area contributed by atoms with Gasteiger partial charge in [0.05, 0.1) is 0 Å². The van der Waals surface area contributed by atoms with Crippen molar-refractivity contribution in [2.24, 2.45) is 17.3 Å². The van der Waals surface area contributed by atoms with Crippen LogP contribution in [-0.2, 0) is 4.74 Å². The third-order valence-corrected chi connectivity index (χ3v) is 4.17. The Morgan fingerprint density at radius 2 is 1.83 bits per heavy atom. The first-order valence-electron chi connectivity index (χ1n) is 7.86. The number of rotatable bonds is 8. The number of hydrogen-bond acceptors (Lipinski definition) is 2. The van der Waals surface area contributed by atoms with Crippen LogP contribution in [0.1, 0.15) is 59.8 Å². The van der Waals surface area contributed by atoms with E-state index in [0.717, 1.165) is 31.6 Å². The lowest BCUT2D eigenvalue weighted by atomic mass is 9.73. The number of ether oxygens (including phenoxy) is 1. The standard InChI is InChI=1S/C16H33NO/c1-5-6-15(4)11-16(7-9-18-10-8-16)13-17-12-14(2)3/h14-15,17H,5-13H2,1-4H3. The van der Waals surface area contributed by atoms with Crippen molar-refractivity contribution in [2.75, 3.05) is 26.3 Å². The van der Waals surface area contributed by atoms with Crippen LogP contribution in [0, 0.1) is 17.3 Å². The zero-order chi connectivity index (χ0) is 13.4. The molecule has 1 aliphatic heterocycles. The Bertz CT molecular complexity index is 209. The van der Waals surface area contributed by atoms with Crippen molar-refractivity contribution in [3.63, 3.8) is 0 Å². The fraction of sp³-hybridized carbons (Fsp3) is 1.00. The largest absolute Gasteiger partial charge is 0.381 e. The molecule has 1 saturated heterocycles. The zero-order valence-electron chi connectivity index (χ0n) is 12.9. The molecule has 0 saturated carbocycles. The minimum atomic E-state index is 0.502. The topological polar surface area (TPSA) is 21.3 Å². The second-order valence-corrected chi connectivity index (χ2v) is 6.74. The molecule has 1 atom stereocenters. The summed E-state index contributed by atoms with van der Waals surface area (Å²) in [5, 5.41) is 3.69. The highest BCUT2D eigenvalue weighted by molar-refractivity contribution is 4.85. The van der Waals surface area contributed by atoms with Crippen LogP contribution in [0.5, 0.6) is 0 Å². The van der Waals surface area contributed by atoms with Crippen LogP contribution in [0.3, 0.4) is 0 Å². The van der Waals surface area contributed by atoms with Gasteiger partial charge in [0.15, 0.2) is 0 Å². The molecule has 0 aromatic carbocycles.